The molecule has 0 aliphatic heterocycles. The first-order chi connectivity index (χ1) is 6.93. The van der Waals surface area contributed by atoms with Crippen molar-refractivity contribution >= 4 is 11.6 Å². The Morgan fingerprint density at radius 1 is 1.60 bits per heavy atom. The first-order valence-electron chi connectivity index (χ1n) is 4.63. The number of rotatable bonds is 2. The predicted molar refractivity (Wildman–Crippen MR) is 54.3 cm³/mol. The molecule has 1 fully saturated rings. The van der Waals surface area contributed by atoms with Crippen LogP contribution in [-0.2, 0) is 5.41 Å². The van der Waals surface area contributed by atoms with Gasteiger partial charge < -0.3 is 5.73 Å². The Labute approximate surface area is 91.4 Å². The van der Waals surface area contributed by atoms with Gasteiger partial charge in [0.15, 0.2) is 0 Å². The third-order valence-electron chi connectivity index (χ3n) is 3.01. The Morgan fingerprint density at radius 2 is 2.20 bits per heavy atom. The van der Waals surface area contributed by atoms with Gasteiger partial charge in [0.25, 0.3) is 5.92 Å². The fourth-order valence-corrected chi connectivity index (χ4v) is 1.91. The largest absolute Gasteiger partial charge is 0.329 e. The summed E-state index contributed by atoms with van der Waals surface area (Å²) in [5, 5.41) is 0.342. The minimum absolute atomic E-state index is 0.0667. The molecule has 82 valence electrons. The first-order valence-corrected chi connectivity index (χ1v) is 5.01. The van der Waals surface area contributed by atoms with Crippen LogP contribution in [0.15, 0.2) is 12.3 Å². The number of hydrogen-bond donors (Lipinski definition) is 1. The summed E-state index contributed by atoms with van der Waals surface area (Å²) in [6, 6.07) is 1.64. The zero-order valence-corrected chi connectivity index (χ0v) is 8.98. The number of aromatic nitrogens is 1. The second-order valence-electron chi connectivity index (χ2n) is 4.00. The average molecular weight is 233 g/mol. The van der Waals surface area contributed by atoms with Gasteiger partial charge in [-0.25, -0.2) is 13.8 Å². The topological polar surface area (TPSA) is 38.9 Å². The second kappa shape index (κ2) is 3.12. The van der Waals surface area contributed by atoms with Crippen LogP contribution in [0.3, 0.4) is 0 Å². The number of nitrogens with zero attached hydrogens (tertiary/aromatic N) is 1. The molecule has 0 aromatic carbocycles. The van der Waals surface area contributed by atoms with E-state index >= 15 is 0 Å². The lowest BCUT2D eigenvalue weighted by molar-refractivity contribution is 0.0895. The van der Waals surface area contributed by atoms with Crippen LogP contribution >= 0.6 is 11.6 Å². The number of aryl methyl sites for hydroxylation is 1. The zero-order valence-electron chi connectivity index (χ0n) is 8.23. The molecule has 0 amide bonds. The summed E-state index contributed by atoms with van der Waals surface area (Å²) in [6.07, 6.45) is 1.20. The molecule has 2 rings (SSSR count). The van der Waals surface area contributed by atoms with Crippen molar-refractivity contribution in [2.75, 3.05) is 6.54 Å². The van der Waals surface area contributed by atoms with Gasteiger partial charge in [-0.2, -0.15) is 0 Å². The van der Waals surface area contributed by atoms with E-state index in [4.69, 9.17) is 17.3 Å². The van der Waals surface area contributed by atoms with Gasteiger partial charge in [-0.3, -0.25) is 0 Å². The molecular weight excluding hydrogens is 222 g/mol. The van der Waals surface area contributed by atoms with E-state index in [-0.39, 0.29) is 13.0 Å². The second-order valence-corrected chi connectivity index (χ2v) is 4.36. The van der Waals surface area contributed by atoms with Crippen molar-refractivity contribution in [3.8, 4) is 0 Å². The van der Waals surface area contributed by atoms with Crippen LogP contribution in [0.5, 0.6) is 0 Å². The van der Waals surface area contributed by atoms with E-state index in [2.05, 4.69) is 4.98 Å². The SMILES string of the molecule is Cc1cc(C2(CN)CC2(F)F)cnc1Cl. The lowest BCUT2D eigenvalue weighted by Gasteiger charge is -2.14. The van der Waals surface area contributed by atoms with Crippen LogP contribution in [0.4, 0.5) is 8.78 Å². The lowest BCUT2D eigenvalue weighted by atomic mass is 9.96. The number of pyridine rings is 1. The molecule has 0 spiro atoms. The molecule has 1 heterocycles. The van der Waals surface area contributed by atoms with Gasteiger partial charge in [-0.05, 0) is 18.1 Å². The van der Waals surface area contributed by atoms with Crippen LogP contribution in [-0.4, -0.2) is 17.5 Å². The third-order valence-corrected chi connectivity index (χ3v) is 3.41. The smallest absolute Gasteiger partial charge is 0.260 e. The normalized spacial score (nSPS) is 27.8. The first kappa shape index (κ1) is 10.8. The number of hydrogen-bond acceptors (Lipinski definition) is 2. The van der Waals surface area contributed by atoms with Crippen LogP contribution < -0.4 is 5.73 Å². The summed E-state index contributed by atoms with van der Waals surface area (Å²) in [5.74, 6) is -2.70. The van der Waals surface area contributed by atoms with Gasteiger partial charge in [0, 0.05) is 19.2 Å². The van der Waals surface area contributed by atoms with E-state index in [1.807, 2.05) is 0 Å². The fourth-order valence-electron chi connectivity index (χ4n) is 1.81. The van der Waals surface area contributed by atoms with Crippen LogP contribution in [0.25, 0.3) is 0 Å². The molecule has 1 atom stereocenters. The maximum absolute atomic E-state index is 13.2. The van der Waals surface area contributed by atoms with Gasteiger partial charge in [0.1, 0.15) is 5.15 Å². The van der Waals surface area contributed by atoms with E-state index in [1.54, 1.807) is 13.0 Å². The van der Waals surface area contributed by atoms with E-state index in [0.717, 1.165) is 0 Å². The van der Waals surface area contributed by atoms with Gasteiger partial charge >= 0.3 is 0 Å². The molecule has 1 saturated carbocycles. The lowest BCUT2D eigenvalue weighted by Crippen LogP contribution is -2.27. The van der Waals surface area contributed by atoms with Gasteiger partial charge in [-0.1, -0.05) is 17.7 Å². The molecule has 5 heteroatoms. The molecule has 15 heavy (non-hydrogen) atoms. The third kappa shape index (κ3) is 1.43. The number of nitrogens with two attached hydrogens (primary N) is 1. The van der Waals surface area contributed by atoms with Crippen molar-refractivity contribution in [2.45, 2.75) is 24.7 Å². The Morgan fingerprint density at radius 3 is 2.60 bits per heavy atom. The zero-order chi connectivity index (χ0) is 11.3. The molecule has 0 saturated heterocycles. The van der Waals surface area contributed by atoms with Crippen molar-refractivity contribution in [1.29, 1.82) is 0 Å². The van der Waals surface area contributed by atoms with Crippen molar-refractivity contribution in [2.24, 2.45) is 5.73 Å². The van der Waals surface area contributed by atoms with Crippen LogP contribution in [0, 0.1) is 6.92 Å². The van der Waals surface area contributed by atoms with Crippen LogP contribution in [0.1, 0.15) is 17.5 Å². The van der Waals surface area contributed by atoms with E-state index in [1.165, 1.54) is 6.20 Å². The minimum atomic E-state index is -2.70. The molecule has 2 N–H and O–H groups in total. The van der Waals surface area contributed by atoms with Gasteiger partial charge in [-0.15, -0.1) is 0 Å². The minimum Gasteiger partial charge on any atom is -0.329 e. The summed E-state index contributed by atoms with van der Waals surface area (Å²) in [5.41, 5.74) is 5.39. The summed E-state index contributed by atoms with van der Waals surface area (Å²) < 4.78 is 26.5. The highest BCUT2D eigenvalue weighted by atomic mass is 35.5. The Kier molecular flexibility index (Phi) is 2.24. The predicted octanol–water partition coefficient (Wildman–Crippen LogP) is 2.28. The number of alkyl halides is 2. The van der Waals surface area contributed by atoms with Crippen LogP contribution in [0.2, 0.25) is 5.15 Å². The monoisotopic (exact) mass is 232 g/mol. The highest BCUT2D eigenvalue weighted by molar-refractivity contribution is 6.30. The molecule has 1 unspecified atom stereocenters. The molecule has 0 radical (unpaired) electrons. The molecule has 1 aromatic rings. The maximum Gasteiger partial charge on any atom is 0.260 e. The molecule has 1 aliphatic rings. The summed E-state index contributed by atoms with van der Waals surface area (Å²) in [6.45, 7) is 1.67. The number of halogens is 3. The highest BCUT2D eigenvalue weighted by Gasteiger charge is 2.71. The Bertz CT molecular complexity index is 408. The maximum atomic E-state index is 13.2. The molecular formula is C10H11ClF2N2. The van der Waals surface area contributed by atoms with Crippen molar-refractivity contribution in [3.05, 3.63) is 28.5 Å². The summed E-state index contributed by atoms with van der Waals surface area (Å²) >= 11 is 5.74. The summed E-state index contributed by atoms with van der Waals surface area (Å²) in [4.78, 5) is 3.87. The Hall–Kier alpha value is -0.740. The van der Waals surface area contributed by atoms with Gasteiger partial charge in [0.2, 0.25) is 0 Å². The molecule has 0 bridgehead atoms. The van der Waals surface area contributed by atoms with Crippen molar-refractivity contribution in [1.82, 2.24) is 4.98 Å². The standard InChI is InChI=1S/C10H11ClF2N2/c1-6-2-7(3-15-8(6)11)9(5-14)4-10(9,12)13/h2-3H,4-5,14H2,1H3. The van der Waals surface area contributed by atoms with E-state index < -0.39 is 11.3 Å². The van der Waals surface area contributed by atoms with Crippen molar-refractivity contribution < 1.29 is 8.78 Å². The molecule has 2 nitrogen and oxygen atoms in total. The Balaban J connectivity index is 2.42. The van der Waals surface area contributed by atoms with Crippen molar-refractivity contribution in [3.63, 3.8) is 0 Å². The highest BCUT2D eigenvalue weighted by Crippen LogP contribution is 2.60. The summed E-state index contributed by atoms with van der Waals surface area (Å²) in [7, 11) is 0. The van der Waals surface area contributed by atoms with E-state index in [0.29, 0.717) is 16.3 Å². The van der Waals surface area contributed by atoms with Gasteiger partial charge in [0.05, 0.1) is 5.41 Å². The fraction of sp³-hybridized carbons (Fsp3) is 0.500. The molecule has 1 aromatic heterocycles. The quantitative estimate of drug-likeness (QED) is 0.795. The van der Waals surface area contributed by atoms with E-state index in [9.17, 15) is 8.78 Å². The molecule has 1 aliphatic carbocycles. The average Bonchev–Trinajstić information content (AvgIpc) is 2.75.